The van der Waals surface area contributed by atoms with Gasteiger partial charge in [0.25, 0.3) is 0 Å². The van der Waals surface area contributed by atoms with Crippen molar-refractivity contribution in [2.75, 3.05) is 7.05 Å². The highest BCUT2D eigenvalue weighted by Gasteiger charge is 2.47. The first-order chi connectivity index (χ1) is 8.37. The Morgan fingerprint density at radius 3 is 1.22 bits per heavy atom. The van der Waals surface area contributed by atoms with Crippen molar-refractivity contribution >= 4 is 16.5 Å². The largest absolute Gasteiger partial charge is 0.348 e. The number of hydrogen-bond donors (Lipinski definition) is 0. The van der Waals surface area contributed by atoms with Crippen molar-refractivity contribution in [2.24, 2.45) is 0 Å². The zero-order valence-corrected chi connectivity index (χ0v) is 15.3. The molecule has 0 radical (unpaired) electrons. The third kappa shape index (κ3) is 2.64. The van der Waals surface area contributed by atoms with Crippen LogP contribution in [0.3, 0.4) is 0 Å². The molecule has 2 aliphatic rings. The second-order valence-electron chi connectivity index (χ2n) is 7.83. The third-order valence-corrected chi connectivity index (χ3v) is 18.5. The normalized spacial score (nSPS) is 24.3. The van der Waals surface area contributed by atoms with Crippen LogP contribution in [0.1, 0.15) is 51.4 Å². The quantitative estimate of drug-likeness (QED) is 0.640. The molecule has 0 aliphatic heterocycles. The van der Waals surface area contributed by atoms with Crippen LogP contribution in [0, 0.1) is 0 Å². The molecular formula is C15H33NSi2. The van der Waals surface area contributed by atoms with E-state index in [1.54, 1.807) is 0 Å². The summed E-state index contributed by atoms with van der Waals surface area (Å²) in [6, 6.07) is 0. The summed E-state index contributed by atoms with van der Waals surface area (Å²) in [5.41, 5.74) is 2.16. The molecule has 2 saturated carbocycles. The molecule has 2 aliphatic carbocycles. The lowest BCUT2D eigenvalue weighted by Crippen LogP contribution is -2.63. The van der Waals surface area contributed by atoms with E-state index in [0.717, 1.165) is 11.1 Å². The molecule has 18 heavy (non-hydrogen) atoms. The van der Waals surface area contributed by atoms with Crippen LogP contribution in [0.15, 0.2) is 0 Å². The lowest BCUT2D eigenvalue weighted by Gasteiger charge is -2.50. The van der Waals surface area contributed by atoms with Gasteiger partial charge in [0, 0.05) is 0 Å². The number of nitrogens with zero attached hydrogens (tertiary/aromatic N) is 1. The van der Waals surface area contributed by atoms with Crippen LogP contribution in [-0.2, 0) is 0 Å². The van der Waals surface area contributed by atoms with Crippen molar-refractivity contribution in [1.82, 2.24) is 4.23 Å². The molecule has 0 aromatic rings. The van der Waals surface area contributed by atoms with Crippen molar-refractivity contribution in [3.63, 3.8) is 0 Å². The van der Waals surface area contributed by atoms with Gasteiger partial charge in [-0.25, -0.2) is 0 Å². The molecule has 106 valence electrons. The molecule has 3 heteroatoms. The predicted octanol–water partition coefficient (Wildman–Crippen LogP) is 5.22. The average Bonchev–Trinajstić information content (AvgIpc) is 3.00. The second kappa shape index (κ2) is 5.41. The first-order valence-corrected chi connectivity index (χ1v) is 14.2. The lowest BCUT2D eigenvalue weighted by atomic mass is 10.4. The Balaban J connectivity index is 2.10. The van der Waals surface area contributed by atoms with Gasteiger partial charge in [0.1, 0.15) is 16.5 Å². The summed E-state index contributed by atoms with van der Waals surface area (Å²) >= 11 is 0. The first-order valence-electron chi connectivity index (χ1n) is 8.10. The predicted molar refractivity (Wildman–Crippen MR) is 87.2 cm³/mol. The average molecular weight is 284 g/mol. The van der Waals surface area contributed by atoms with E-state index in [2.05, 4.69) is 37.5 Å². The molecule has 2 rings (SSSR count). The summed E-state index contributed by atoms with van der Waals surface area (Å²) in [4.78, 5) is 0. The topological polar surface area (TPSA) is 3.24 Å². The van der Waals surface area contributed by atoms with Crippen LogP contribution in [0.25, 0.3) is 0 Å². The van der Waals surface area contributed by atoms with E-state index in [1.165, 1.54) is 51.4 Å². The van der Waals surface area contributed by atoms with Gasteiger partial charge in [-0.1, -0.05) is 77.6 Å². The van der Waals surface area contributed by atoms with Gasteiger partial charge in [-0.2, -0.15) is 0 Å². The molecule has 0 aromatic heterocycles. The minimum Gasteiger partial charge on any atom is -0.348 e. The number of hydrogen-bond acceptors (Lipinski definition) is 1. The molecule has 0 bridgehead atoms. The summed E-state index contributed by atoms with van der Waals surface area (Å²) in [5, 5.41) is 0. The summed E-state index contributed by atoms with van der Waals surface area (Å²) in [7, 11) is 0.146. The molecule has 1 nitrogen and oxygen atoms in total. The van der Waals surface area contributed by atoms with Crippen molar-refractivity contribution in [1.29, 1.82) is 0 Å². The highest BCUT2D eigenvalue weighted by Crippen LogP contribution is 2.46. The van der Waals surface area contributed by atoms with Gasteiger partial charge in [-0.15, -0.1) is 0 Å². The first kappa shape index (κ1) is 14.8. The van der Waals surface area contributed by atoms with Gasteiger partial charge in [0.05, 0.1) is 0 Å². The Morgan fingerprint density at radius 2 is 0.944 bits per heavy atom. The van der Waals surface area contributed by atoms with E-state index in [4.69, 9.17) is 0 Å². The Kier molecular flexibility index (Phi) is 4.45. The fourth-order valence-corrected chi connectivity index (χ4v) is 16.3. The Bertz CT molecular complexity index is 248. The Hall–Kier alpha value is 0.394. The lowest BCUT2D eigenvalue weighted by molar-refractivity contribution is 0.643. The summed E-state index contributed by atoms with van der Waals surface area (Å²) in [5.74, 6) is 0. The highest BCUT2D eigenvalue weighted by atomic mass is 28.4. The molecule has 0 saturated heterocycles. The maximum absolute atomic E-state index is 3.01. The summed E-state index contributed by atoms with van der Waals surface area (Å²) in [6.07, 6.45) is 12.1. The van der Waals surface area contributed by atoms with Crippen LogP contribution in [0.4, 0.5) is 0 Å². The highest BCUT2D eigenvalue weighted by molar-refractivity contribution is 6.91. The maximum Gasteiger partial charge on any atom is 0.118 e. The van der Waals surface area contributed by atoms with E-state index in [1.807, 2.05) is 0 Å². The van der Waals surface area contributed by atoms with Crippen molar-refractivity contribution in [3.05, 3.63) is 0 Å². The standard InChI is InChI=1S/C15H33NSi2/c1-16(17(2,3)14-10-6-7-11-14)18(4,5)15-12-8-9-13-15/h14-15H,6-13H2,1-5H3. The van der Waals surface area contributed by atoms with E-state index in [0.29, 0.717) is 0 Å². The summed E-state index contributed by atoms with van der Waals surface area (Å²) < 4.78 is 3.01. The molecule has 0 N–H and O–H groups in total. The van der Waals surface area contributed by atoms with E-state index < -0.39 is 16.5 Å². The van der Waals surface area contributed by atoms with Crippen LogP contribution in [0.5, 0.6) is 0 Å². The minimum atomic E-state index is -1.18. The molecule has 0 unspecified atom stereocenters. The van der Waals surface area contributed by atoms with Crippen molar-refractivity contribution < 1.29 is 0 Å². The third-order valence-electron chi connectivity index (χ3n) is 6.44. The monoisotopic (exact) mass is 283 g/mol. The van der Waals surface area contributed by atoms with Gasteiger partial charge in [0.15, 0.2) is 0 Å². The smallest absolute Gasteiger partial charge is 0.118 e. The Labute approximate surface area is 117 Å². The Morgan fingerprint density at radius 1 is 0.667 bits per heavy atom. The van der Waals surface area contributed by atoms with E-state index >= 15 is 0 Å². The van der Waals surface area contributed by atoms with Gasteiger partial charge in [-0.3, -0.25) is 0 Å². The molecule has 0 atom stereocenters. The van der Waals surface area contributed by atoms with Gasteiger partial charge in [0.2, 0.25) is 0 Å². The van der Waals surface area contributed by atoms with Crippen molar-refractivity contribution in [3.8, 4) is 0 Å². The summed E-state index contributed by atoms with van der Waals surface area (Å²) in [6.45, 7) is 10.6. The molecule has 0 aromatic carbocycles. The molecule has 0 amide bonds. The maximum atomic E-state index is 3.01. The molecule has 0 spiro atoms. The minimum absolute atomic E-state index is 1.08. The van der Waals surface area contributed by atoms with Crippen LogP contribution in [-0.4, -0.2) is 27.7 Å². The number of rotatable bonds is 4. The second-order valence-corrected chi connectivity index (χ2v) is 17.9. The zero-order valence-electron chi connectivity index (χ0n) is 13.3. The van der Waals surface area contributed by atoms with Crippen LogP contribution >= 0.6 is 0 Å². The van der Waals surface area contributed by atoms with Gasteiger partial charge >= 0.3 is 0 Å². The molecular weight excluding hydrogens is 250 g/mol. The fraction of sp³-hybridized carbons (Fsp3) is 1.00. The van der Waals surface area contributed by atoms with E-state index in [9.17, 15) is 0 Å². The fourth-order valence-electron chi connectivity index (χ4n) is 4.55. The van der Waals surface area contributed by atoms with Crippen LogP contribution in [0.2, 0.25) is 37.3 Å². The van der Waals surface area contributed by atoms with E-state index in [-0.39, 0.29) is 0 Å². The van der Waals surface area contributed by atoms with Crippen LogP contribution < -0.4 is 0 Å². The van der Waals surface area contributed by atoms with Gasteiger partial charge in [-0.05, 0) is 18.1 Å². The zero-order chi connectivity index (χ0) is 13.4. The molecule has 0 heterocycles. The van der Waals surface area contributed by atoms with Gasteiger partial charge < -0.3 is 4.23 Å². The SMILES string of the molecule is CN([Si](C)(C)C1CCCC1)[Si](C)(C)C1CCCC1. The molecule has 2 fully saturated rings. The van der Waals surface area contributed by atoms with Crippen molar-refractivity contribution in [2.45, 2.75) is 88.6 Å².